The van der Waals surface area contributed by atoms with Crippen LogP contribution in [0.4, 0.5) is 0 Å². The summed E-state index contributed by atoms with van der Waals surface area (Å²) in [5, 5.41) is 0. The van der Waals surface area contributed by atoms with Gasteiger partial charge in [0.15, 0.2) is 0 Å². The normalized spacial score (nSPS) is 9.40. The minimum Gasteiger partial charge on any atom is -0.429 e. The average Bonchev–Trinajstić information content (AvgIpc) is 3.08. The van der Waals surface area contributed by atoms with Gasteiger partial charge in [-0.15, -0.1) is 35.9 Å². The van der Waals surface area contributed by atoms with Crippen molar-refractivity contribution in [2.45, 2.75) is 0 Å². The molecular weight excluding hydrogens is 631 g/mol. The molecule has 0 atom stereocenters. The van der Waals surface area contributed by atoms with Gasteiger partial charge in [-0.05, 0) is 48.2 Å². The largest absolute Gasteiger partial charge is 1.00 e. The molecule has 0 spiro atoms. The fraction of sp³-hybridized carbons (Fsp3) is 0. The van der Waals surface area contributed by atoms with Gasteiger partial charge in [-0.2, -0.15) is 0 Å². The first kappa shape index (κ1) is 32.1. The molecule has 43 heavy (non-hydrogen) atoms. The summed E-state index contributed by atoms with van der Waals surface area (Å²) in [7, 11) is 0. The Labute approximate surface area is 261 Å². The number of pyridine rings is 5. The van der Waals surface area contributed by atoms with Crippen molar-refractivity contribution in [1.29, 1.82) is 0 Å². The number of carbonyl (C=O) groups is 2. The molecule has 0 aliphatic carbocycles. The maximum atomic E-state index is 10.2. The van der Waals surface area contributed by atoms with Crippen LogP contribution >= 0.6 is 0 Å². The zero-order chi connectivity index (χ0) is 29.2. The van der Waals surface area contributed by atoms with Crippen LogP contribution < -0.4 is 9.47 Å². The third kappa shape index (κ3) is 10.5. The Morgan fingerprint density at radius 2 is 0.930 bits per heavy atom. The van der Waals surface area contributed by atoms with Crippen molar-refractivity contribution in [3.63, 3.8) is 0 Å². The molecular formula is C33H24N5O4Ru. The maximum Gasteiger partial charge on any atom is 1.00 e. The van der Waals surface area contributed by atoms with Crippen LogP contribution in [-0.4, -0.2) is 37.9 Å². The predicted octanol–water partition coefficient (Wildman–Crippen LogP) is 5.90. The van der Waals surface area contributed by atoms with Gasteiger partial charge in [0.1, 0.15) is 11.5 Å². The van der Waals surface area contributed by atoms with Crippen LogP contribution in [0.15, 0.2) is 134 Å². The second-order valence-electron chi connectivity index (χ2n) is 8.10. The van der Waals surface area contributed by atoms with Gasteiger partial charge in [0.05, 0.1) is 22.8 Å². The van der Waals surface area contributed by atoms with E-state index in [0.29, 0.717) is 35.8 Å². The molecule has 6 rings (SSSR count). The molecule has 0 aliphatic heterocycles. The maximum absolute atomic E-state index is 10.2. The molecule has 0 saturated carbocycles. The van der Waals surface area contributed by atoms with E-state index in [-0.39, 0.29) is 19.5 Å². The van der Waals surface area contributed by atoms with Crippen molar-refractivity contribution >= 4 is 12.9 Å². The van der Waals surface area contributed by atoms with Crippen LogP contribution in [0.3, 0.4) is 0 Å². The summed E-state index contributed by atoms with van der Waals surface area (Å²) in [5.74, 6) is 0.719. The van der Waals surface area contributed by atoms with E-state index in [0.717, 1.165) is 22.6 Å². The minimum atomic E-state index is 0. The van der Waals surface area contributed by atoms with E-state index < -0.39 is 0 Å². The van der Waals surface area contributed by atoms with Crippen molar-refractivity contribution in [3.8, 4) is 45.5 Å². The zero-order valence-electron chi connectivity index (χ0n) is 22.6. The van der Waals surface area contributed by atoms with Gasteiger partial charge in [-0.1, -0.05) is 24.3 Å². The Morgan fingerprint density at radius 3 is 1.33 bits per heavy atom. The smallest absolute Gasteiger partial charge is 0.429 e. The first-order valence-electron chi connectivity index (χ1n) is 12.6. The van der Waals surface area contributed by atoms with Crippen LogP contribution in [0.1, 0.15) is 0 Å². The summed E-state index contributed by atoms with van der Waals surface area (Å²) in [6.45, 7) is 0.664. The minimum absolute atomic E-state index is 0. The van der Waals surface area contributed by atoms with Gasteiger partial charge in [0, 0.05) is 43.1 Å². The molecule has 1 aromatic carbocycles. The molecule has 0 fully saturated rings. The van der Waals surface area contributed by atoms with Crippen molar-refractivity contribution in [2.75, 3.05) is 0 Å². The predicted molar refractivity (Wildman–Crippen MR) is 157 cm³/mol. The molecule has 5 aromatic heterocycles. The monoisotopic (exact) mass is 656 g/mol. The molecule has 10 heteroatoms. The second-order valence-corrected chi connectivity index (χ2v) is 8.10. The number of benzene rings is 1. The molecule has 9 nitrogen and oxygen atoms in total. The Hall–Kier alpha value is -5.47. The van der Waals surface area contributed by atoms with Gasteiger partial charge >= 0.3 is 19.5 Å². The number of carbonyl (C=O) groups excluding carboxylic acids is 2. The molecule has 213 valence electrons. The number of rotatable bonds is 7. The SMILES string of the molecule is O=COc1ccnc(-c2cc(OC=O)ccn2)c1.[Ru+].[c-]1ccccc1-c1ccccn1.c1ccc(-c2ccccn2)nc1. The van der Waals surface area contributed by atoms with Gasteiger partial charge in [0.25, 0.3) is 12.9 Å². The number of aromatic nitrogens is 5. The Morgan fingerprint density at radius 1 is 0.488 bits per heavy atom. The zero-order valence-corrected chi connectivity index (χ0v) is 24.3. The molecule has 0 aliphatic rings. The van der Waals surface area contributed by atoms with Crippen molar-refractivity contribution in [3.05, 3.63) is 140 Å². The summed E-state index contributed by atoms with van der Waals surface area (Å²) in [5.41, 5.74) is 4.85. The van der Waals surface area contributed by atoms with E-state index in [1.54, 1.807) is 42.9 Å². The van der Waals surface area contributed by atoms with Gasteiger partial charge in [-0.25, -0.2) is 0 Å². The third-order valence-corrected chi connectivity index (χ3v) is 5.34. The summed E-state index contributed by atoms with van der Waals surface area (Å²) < 4.78 is 9.42. The second kappa shape index (κ2) is 18.1. The molecule has 0 bridgehead atoms. The molecule has 0 unspecified atom stereocenters. The number of hydrogen-bond donors (Lipinski definition) is 0. The summed E-state index contributed by atoms with van der Waals surface area (Å²) in [4.78, 5) is 41.3. The van der Waals surface area contributed by atoms with Gasteiger partial charge in [-0.3, -0.25) is 29.5 Å². The van der Waals surface area contributed by atoms with Crippen LogP contribution in [0.5, 0.6) is 11.5 Å². The van der Waals surface area contributed by atoms with Crippen molar-refractivity contribution in [2.24, 2.45) is 0 Å². The number of nitrogens with zero attached hydrogens (tertiary/aromatic N) is 5. The van der Waals surface area contributed by atoms with E-state index in [2.05, 4.69) is 31.0 Å². The molecule has 1 radical (unpaired) electrons. The van der Waals surface area contributed by atoms with E-state index in [4.69, 9.17) is 9.47 Å². The average molecular weight is 656 g/mol. The van der Waals surface area contributed by atoms with Crippen LogP contribution in [0.2, 0.25) is 0 Å². The van der Waals surface area contributed by atoms with Crippen molar-refractivity contribution < 1.29 is 38.5 Å². The van der Waals surface area contributed by atoms with Crippen molar-refractivity contribution in [1.82, 2.24) is 24.9 Å². The van der Waals surface area contributed by atoms with Gasteiger partial charge in [0.2, 0.25) is 0 Å². The standard InChI is InChI=1S/C12H8N2O4.C11H8N.C10H8N2.Ru/c15-7-17-9-1-3-13-11(5-9)12-6-10(18-8-16)2-4-14-12;1-2-6-10(7-3-1)11-8-4-5-9-12-11;1-3-7-11-9(5-1)10-6-2-4-8-12-10;/h1-8H;1-6,8-9H;1-8H;/q;-1;;+1. The topological polar surface area (TPSA) is 117 Å². The molecule has 0 N–H and O–H groups in total. The fourth-order valence-corrected chi connectivity index (χ4v) is 3.46. The first-order chi connectivity index (χ1) is 20.8. The molecule has 6 aromatic rings. The quantitative estimate of drug-likeness (QED) is 0.118. The van der Waals surface area contributed by atoms with Gasteiger partial charge < -0.3 is 14.5 Å². The molecule has 0 saturated heterocycles. The van der Waals surface area contributed by atoms with E-state index >= 15 is 0 Å². The van der Waals surface area contributed by atoms with Crippen LogP contribution in [0.25, 0.3) is 34.0 Å². The Balaban J connectivity index is 0.000000180. The molecule has 5 heterocycles. The fourth-order valence-electron chi connectivity index (χ4n) is 3.46. The summed E-state index contributed by atoms with van der Waals surface area (Å²) in [6.07, 6.45) is 8.30. The van der Waals surface area contributed by atoms with E-state index in [9.17, 15) is 9.59 Å². The number of ether oxygens (including phenoxy) is 2. The van der Waals surface area contributed by atoms with Crippen LogP contribution in [-0.2, 0) is 29.1 Å². The van der Waals surface area contributed by atoms with E-state index in [1.807, 2.05) is 78.9 Å². The Bertz CT molecular complexity index is 1460. The molecule has 0 amide bonds. The first-order valence-corrected chi connectivity index (χ1v) is 12.6. The Kier molecular flexibility index (Phi) is 13.5. The number of hydrogen-bond acceptors (Lipinski definition) is 9. The van der Waals surface area contributed by atoms with E-state index in [1.165, 1.54) is 12.4 Å². The van der Waals surface area contributed by atoms with Crippen LogP contribution in [0, 0.1) is 6.07 Å². The third-order valence-electron chi connectivity index (χ3n) is 5.34. The summed E-state index contributed by atoms with van der Waals surface area (Å²) >= 11 is 0. The summed E-state index contributed by atoms with van der Waals surface area (Å²) in [6, 6.07) is 34.6.